The summed E-state index contributed by atoms with van der Waals surface area (Å²) in [4.78, 5) is 25.3. The smallest absolute Gasteiger partial charge is 0.427 e. The number of nitrogens with one attached hydrogen (secondary N) is 1. The van der Waals surface area contributed by atoms with Gasteiger partial charge in [0.15, 0.2) is 5.78 Å². The first-order chi connectivity index (χ1) is 14.3. The summed E-state index contributed by atoms with van der Waals surface area (Å²) in [5.74, 6) is -2.49. The summed E-state index contributed by atoms with van der Waals surface area (Å²) >= 11 is 5.83. The Hall–Kier alpha value is -2.36. The molecule has 0 aliphatic rings. The van der Waals surface area contributed by atoms with Crippen LogP contribution in [0.15, 0.2) is 48.5 Å². The Balaban J connectivity index is 2.14. The van der Waals surface area contributed by atoms with Crippen LogP contribution in [0.4, 0.5) is 13.2 Å². The molecular weight excluding hydrogens is 433 g/mol. The number of amides is 1. The van der Waals surface area contributed by atoms with E-state index < -0.39 is 47.5 Å². The van der Waals surface area contributed by atoms with E-state index in [-0.39, 0.29) is 12.8 Å². The minimum Gasteiger partial charge on any atom is -0.427 e. The van der Waals surface area contributed by atoms with Crippen molar-refractivity contribution in [3.8, 4) is 0 Å². The Morgan fingerprint density at radius 2 is 1.65 bits per heavy atom. The first-order valence-electron chi connectivity index (χ1n) is 9.44. The molecule has 2 rings (SSSR count). The lowest BCUT2D eigenvalue weighted by Crippen LogP contribution is -2.50. The highest BCUT2D eigenvalue weighted by Crippen LogP contribution is 2.32. The Morgan fingerprint density at radius 3 is 2.19 bits per heavy atom. The van der Waals surface area contributed by atoms with Crippen LogP contribution in [0.25, 0.3) is 0 Å². The fourth-order valence-electron chi connectivity index (χ4n) is 3.05. The Bertz CT molecular complexity index is 933. The molecule has 0 spiro atoms. The Morgan fingerprint density at radius 1 is 1.06 bits per heavy atom. The quantitative estimate of drug-likeness (QED) is 0.527. The zero-order chi connectivity index (χ0) is 23.4. The first-order valence-corrected chi connectivity index (χ1v) is 9.81. The van der Waals surface area contributed by atoms with Crippen LogP contribution >= 0.6 is 11.6 Å². The van der Waals surface area contributed by atoms with Crippen molar-refractivity contribution in [2.24, 2.45) is 0 Å². The second-order valence-corrected chi connectivity index (χ2v) is 8.19. The summed E-state index contributed by atoms with van der Waals surface area (Å²) in [6.45, 7) is 2.71. The van der Waals surface area contributed by atoms with Crippen LogP contribution in [0.2, 0.25) is 10.8 Å². The predicted octanol–water partition coefficient (Wildman–Crippen LogP) is 3.91. The summed E-state index contributed by atoms with van der Waals surface area (Å²) in [5.41, 5.74) is -2.53. The van der Waals surface area contributed by atoms with Crippen molar-refractivity contribution in [3.63, 3.8) is 0 Å². The van der Waals surface area contributed by atoms with Crippen LogP contribution in [-0.2, 0) is 17.4 Å². The fourth-order valence-corrected chi connectivity index (χ4v) is 3.17. The van der Waals surface area contributed by atoms with Crippen LogP contribution in [0.5, 0.6) is 0 Å². The first kappa shape index (κ1) is 24.9. The van der Waals surface area contributed by atoms with Crippen LogP contribution < -0.4 is 5.32 Å². The lowest BCUT2D eigenvalue weighted by atomic mass is 9.66. The number of Topliss-reactive ketones (excluding diaryl/α,β-unsaturated/α-hetero) is 1. The van der Waals surface area contributed by atoms with Gasteiger partial charge in [-0.25, -0.2) is 0 Å². The van der Waals surface area contributed by atoms with Gasteiger partial charge in [-0.2, -0.15) is 13.2 Å². The van der Waals surface area contributed by atoms with Crippen molar-refractivity contribution in [2.45, 2.75) is 44.2 Å². The zero-order valence-corrected chi connectivity index (χ0v) is 17.7. The average Bonchev–Trinajstić information content (AvgIpc) is 2.67. The SMILES string of the molecule is CC(C)(NC(=O)c1ccccc1C(F)(F)F)C(=O)C[C@@H](Cc1ccc(Cl)cc1)B(O)O. The molecule has 1 amide bonds. The maximum absolute atomic E-state index is 13.2. The molecule has 31 heavy (non-hydrogen) atoms. The molecule has 0 saturated heterocycles. The van der Waals surface area contributed by atoms with Gasteiger partial charge in [0.2, 0.25) is 0 Å². The third kappa shape index (κ3) is 6.82. The van der Waals surface area contributed by atoms with Crippen molar-refractivity contribution in [2.75, 3.05) is 0 Å². The third-order valence-corrected chi connectivity index (χ3v) is 5.13. The number of benzene rings is 2. The molecule has 0 aromatic heterocycles. The van der Waals surface area contributed by atoms with E-state index >= 15 is 0 Å². The standard InChI is InChI=1S/C21H22BClF3NO4/c1-20(2,27-19(29)16-5-3-4-6-17(16)21(24,25)26)18(28)12-14(22(30)31)11-13-7-9-15(23)10-8-13/h3-10,14,30-31H,11-12H2,1-2H3,(H,27,29)/t14-/m1/s1. The topological polar surface area (TPSA) is 86.6 Å². The van der Waals surface area contributed by atoms with Crippen LogP contribution in [-0.4, -0.2) is 34.4 Å². The lowest BCUT2D eigenvalue weighted by molar-refractivity contribution is -0.137. The van der Waals surface area contributed by atoms with E-state index in [0.29, 0.717) is 5.02 Å². The molecule has 0 radical (unpaired) electrons. The number of carbonyl (C=O) groups excluding carboxylic acids is 2. The van der Waals surface area contributed by atoms with Gasteiger partial charge < -0.3 is 15.4 Å². The van der Waals surface area contributed by atoms with E-state index in [1.165, 1.54) is 26.0 Å². The highest BCUT2D eigenvalue weighted by molar-refractivity contribution is 6.43. The highest BCUT2D eigenvalue weighted by atomic mass is 35.5. The molecule has 0 aliphatic carbocycles. The molecule has 0 bridgehead atoms. The van der Waals surface area contributed by atoms with E-state index in [9.17, 15) is 32.8 Å². The van der Waals surface area contributed by atoms with Gasteiger partial charge in [0, 0.05) is 17.3 Å². The van der Waals surface area contributed by atoms with Gasteiger partial charge in [-0.15, -0.1) is 0 Å². The molecule has 0 heterocycles. The van der Waals surface area contributed by atoms with Crippen molar-refractivity contribution >= 4 is 30.4 Å². The normalized spacial score (nSPS) is 12.9. The van der Waals surface area contributed by atoms with E-state index in [4.69, 9.17) is 11.6 Å². The van der Waals surface area contributed by atoms with E-state index in [1.807, 2.05) is 0 Å². The third-order valence-electron chi connectivity index (χ3n) is 4.88. The van der Waals surface area contributed by atoms with Crippen LogP contribution in [0.1, 0.15) is 41.8 Å². The van der Waals surface area contributed by atoms with Gasteiger partial charge in [-0.3, -0.25) is 9.59 Å². The number of halogens is 4. The number of alkyl halides is 3. The number of hydrogen-bond donors (Lipinski definition) is 3. The molecule has 1 atom stereocenters. The molecule has 0 saturated carbocycles. The van der Waals surface area contributed by atoms with E-state index in [1.54, 1.807) is 24.3 Å². The second-order valence-electron chi connectivity index (χ2n) is 7.75. The summed E-state index contributed by atoms with van der Waals surface area (Å²) in [7, 11) is -1.81. The summed E-state index contributed by atoms with van der Waals surface area (Å²) in [6.07, 6.45) is -4.89. The van der Waals surface area contributed by atoms with Gasteiger partial charge in [0.1, 0.15) is 0 Å². The molecule has 5 nitrogen and oxygen atoms in total. The van der Waals surface area contributed by atoms with Crippen molar-refractivity contribution < 1.29 is 32.8 Å². The Kier molecular flexibility index (Phi) is 7.91. The molecule has 2 aromatic rings. The minimum absolute atomic E-state index is 0.154. The van der Waals surface area contributed by atoms with Crippen LogP contribution in [0.3, 0.4) is 0 Å². The summed E-state index contributed by atoms with van der Waals surface area (Å²) in [6, 6.07) is 10.9. The van der Waals surface area contributed by atoms with Gasteiger partial charge in [0.25, 0.3) is 5.91 Å². The molecule has 2 aromatic carbocycles. The highest BCUT2D eigenvalue weighted by Gasteiger charge is 2.38. The number of carbonyl (C=O) groups is 2. The van der Waals surface area contributed by atoms with Crippen molar-refractivity contribution in [3.05, 3.63) is 70.2 Å². The molecule has 0 unspecified atom stereocenters. The van der Waals surface area contributed by atoms with Gasteiger partial charge in [0.05, 0.1) is 16.7 Å². The van der Waals surface area contributed by atoms with Crippen molar-refractivity contribution in [1.29, 1.82) is 0 Å². The fraction of sp³-hybridized carbons (Fsp3) is 0.333. The van der Waals surface area contributed by atoms with Gasteiger partial charge in [-0.1, -0.05) is 35.9 Å². The zero-order valence-electron chi connectivity index (χ0n) is 16.9. The Labute approximate surface area is 183 Å². The minimum atomic E-state index is -4.73. The largest absolute Gasteiger partial charge is 0.455 e. The molecule has 166 valence electrons. The summed E-state index contributed by atoms with van der Waals surface area (Å²) < 4.78 is 39.5. The second kappa shape index (κ2) is 9.85. The molecule has 10 heteroatoms. The predicted molar refractivity (Wildman–Crippen MR) is 112 cm³/mol. The average molecular weight is 456 g/mol. The van der Waals surface area contributed by atoms with Gasteiger partial charge >= 0.3 is 13.3 Å². The van der Waals surface area contributed by atoms with E-state index in [2.05, 4.69) is 5.32 Å². The maximum atomic E-state index is 13.2. The van der Waals surface area contributed by atoms with Crippen molar-refractivity contribution in [1.82, 2.24) is 5.32 Å². The number of ketones is 1. The monoisotopic (exact) mass is 455 g/mol. The van der Waals surface area contributed by atoms with Crippen LogP contribution in [0, 0.1) is 0 Å². The summed E-state index contributed by atoms with van der Waals surface area (Å²) in [5, 5.41) is 22.2. The molecular formula is C21H22BClF3NO4. The number of hydrogen-bond acceptors (Lipinski definition) is 4. The number of rotatable bonds is 8. The maximum Gasteiger partial charge on any atom is 0.455 e. The molecule has 0 aliphatic heterocycles. The molecule has 0 fully saturated rings. The lowest BCUT2D eigenvalue weighted by Gasteiger charge is -2.27. The van der Waals surface area contributed by atoms with Gasteiger partial charge in [-0.05, 0) is 50.1 Å². The van der Waals surface area contributed by atoms with E-state index in [0.717, 1.165) is 17.7 Å². The molecule has 3 N–H and O–H groups in total.